The maximum absolute atomic E-state index is 12.4. The molecule has 0 saturated heterocycles. The van der Waals surface area contributed by atoms with Gasteiger partial charge in [0.05, 0.1) is 17.9 Å². The topological polar surface area (TPSA) is 73.5 Å². The van der Waals surface area contributed by atoms with Gasteiger partial charge in [0.25, 0.3) is 11.5 Å². The molecule has 1 aliphatic rings. The fraction of sp³-hybridized carbons (Fsp3) is 0.235. The maximum atomic E-state index is 12.4. The Morgan fingerprint density at radius 1 is 1.25 bits per heavy atom. The van der Waals surface area contributed by atoms with E-state index in [0.29, 0.717) is 22.8 Å². The van der Waals surface area contributed by atoms with Crippen molar-refractivity contribution in [2.24, 2.45) is 7.05 Å². The van der Waals surface area contributed by atoms with Crippen molar-refractivity contribution in [3.05, 3.63) is 50.8 Å². The van der Waals surface area contributed by atoms with Crippen LogP contribution in [0, 0.1) is 19.3 Å². The van der Waals surface area contributed by atoms with Crippen LogP contribution in [-0.4, -0.2) is 28.2 Å². The van der Waals surface area contributed by atoms with Gasteiger partial charge in [0.2, 0.25) is 0 Å². The molecule has 0 atom stereocenters. The van der Waals surface area contributed by atoms with E-state index in [1.165, 1.54) is 15.5 Å². The zero-order valence-electron chi connectivity index (χ0n) is 13.3. The van der Waals surface area contributed by atoms with Crippen LogP contribution in [0.3, 0.4) is 0 Å². The average molecular weight is 325 g/mol. The number of ether oxygens (including phenoxy) is 1. The van der Waals surface area contributed by atoms with Crippen LogP contribution < -0.4 is 20.9 Å². The summed E-state index contributed by atoms with van der Waals surface area (Å²) in [4.78, 5) is 38.1. The summed E-state index contributed by atoms with van der Waals surface area (Å²) in [6.45, 7) is 1.67. The highest BCUT2D eigenvalue weighted by Crippen LogP contribution is 2.33. The molecule has 1 aromatic carbocycles. The maximum Gasteiger partial charge on any atom is 0.335 e. The van der Waals surface area contributed by atoms with E-state index in [2.05, 4.69) is 5.92 Å². The molecular formula is C17H15N3O4. The Labute approximate surface area is 137 Å². The number of rotatable bonds is 2. The van der Waals surface area contributed by atoms with Crippen LogP contribution in [-0.2, 0) is 11.8 Å². The van der Waals surface area contributed by atoms with Gasteiger partial charge in [-0.05, 0) is 25.1 Å². The summed E-state index contributed by atoms with van der Waals surface area (Å²) in [5, 5.41) is 0. The second-order valence-corrected chi connectivity index (χ2v) is 5.43. The predicted octanol–water partition coefficient (Wildman–Crippen LogP) is 0.203. The van der Waals surface area contributed by atoms with Crippen molar-refractivity contribution in [3.8, 4) is 23.8 Å². The van der Waals surface area contributed by atoms with Gasteiger partial charge < -0.3 is 9.30 Å². The molecular weight excluding hydrogens is 310 g/mol. The monoisotopic (exact) mass is 325 g/mol. The number of carbonyl (C=O) groups excluding carboxylic acids is 1. The summed E-state index contributed by atoms with van der Waals surface area (Å²) >= 11 is 0. The first kappa shape index (κ1) is 15.6. The molecule has 0 fully saturated rings. The lowest BCUT2D eigenvalue weighted by molar-refractivity contribution is -0.121. The summed E-state index contributed by atoms with van der Waals surface area (Å²) in [6, 6.07) is 6.15. The first-order chi connectivity index (χ1) is 11.4. The molecule has 2 heterocycles. The van der Waals surface area contributed by atoms with Crippen LogP contribution in [0.2, 0.25) is 0 Å². The van der Waals surface area contributed by atoms with Gasteiger partial charge in [0, 0.05) is 18.8 Å². The zero-order chi connectivity index (χ0) is 17.4. The van der Waals surface area contributed by atoms with Gasteiger partial charge >= 0.3 is 5.69 Å². The second-order valence-electron chi connectivity index (χ2n) is 5.43. The van der Waals surface area contributed by atoms with E-state index in [0.717, 1.165) is 4.57 Å². The van der Waals surface area contributed by atoms with Crippen molar-refractivity contribution >= 4 is 11.6 Å². The van der Waals surface area contributed by atoms with Gasteiger partial charge in [-0.2, -0.15) is 0 Å². The minimum atomic E-state index is -0.466. The number of anilines is 1. The number of terminal acetylenes is 1. The Kier molecular flexibility index (Phi) is 3.73. The minimum Gasteiger partial charge on any atom is -0.482 e. The van der Waals surface area contributed by atoms with Crippen LogP contribution in [0.4, 0.5) is 5.69 Å². The van der Waals surface area contributed by atoms with Crippen LogP contribution >= 0.6 is 0 Å². The third-order valence-corrected chi connectivity index (χ3v) is 3.95. The van der Waals surface area contributed by atoms with E-state index in [1.807, 2.05) is 0 Å². The quantitative estimate of drug-likeness (QED) is 0.740. The molecule has 0 saturated carbocycles. The molecule has 7 nitrogen and oxygen atoms in total. The fourth-order valence-electron chi connectivity index (χ4n) is 2.57. The Morgan fingerprint density at radius 3 is 2.71 bits per heavy atom. The number of hydrogen-bond acceptors (Lipinski definition) is 4. The number of aryl methyl sites for hydroxylation is 1. The van der Waals surface area contributed by atoms with Gasteiger partial charge in [-0.3, -0.25) is 14.5 Å². The van der Waals surface area contributed by atoms with E-state index in [9.17, 15) is 14.4 Å². The zero-order valence-corrected chi connectivity index (χ0v) is 13.3. The third-order valence-electron chi connectivity index (χ3n) is 3.95. The molecule has 0 bridgehead atoms. The van der Waals surface area contributed by atoms with Gasteiger partial charge in [0.1, 0.15) is 5.75 Å². The Bertz CT molecular complexity index is 994. The van der Waals surface area contributed by atoms with Crippen molar-refractivity contribution in [2.45, 2.75) is 6.92 Å². The highest BCUT2D eigenvalue weighted by Gasteiger charge is 2.25. The van der Waals surface area contributed by atoms with E-state index >= 15 is 0 Å². The van der Waals surface area contributed by atoms with Crippen LogP contribution in [0.5, 0.6) is 5.75 Å². The third kappa shape index (κ3) is 2.38. The summed E-state index contributed by atoms with van der Waals surface area (Å²) < 4.78 is 7.79. The molecule has 1 aromatic heterocycles. The Morgan fingerprint density at radius 2 is 2.00 bits per heavy atom. The molecule has 0 unspecified atom stereocenters. The van der Waals surface area contributed by atoms with Crippen molar-refractivity contribution in [3.63, 3.8) is 0 Å². The summed E-state index contributed by atoms with van der Waals surface area (Å²) in [5.41, 5.74) is 0.441. The predicted molar refractivity (Wildman–Crippen MR) is 88.7 cm³/mol. The van der Waals surface area contributed by atoms with Crippen LogP contribution in [0.15, 0.2) is 33.9 Å². The van der Waals surface area contributed by atoms with Gasteiger partial charge in [-0.25, -0.2) is 9.36 Å². The lowest BCUT2D eigenvalue weighted by Gasteiger charge is -2.28. The SMILES string of the molecule is C#CCN1C(=O)COc2ccc(-n3c(=O)cc(C)n(C)c3=O)cc21. The lowest BCUT2D eigenvalue weighted by atomic mass is 10.2. The van der Waals surface area contributed by atoms with E-state index in [4.69, 9.17) is 11.2 Å². The van der Waals surface area contributed by atoms with E-state index in [-0.39, 0.29) is 19.1 Å². The molecule has 3 rings (SSSR count). The molecule has 0 spiro atoms. The molecule has 24 heavy (non-hydrogen) atoms. The largest absolute Gasteiger partial charge is 0.482 e. The van der Waals surface area contributed by atoms with Crippen LogP contribution in [0.25, 0.3) is 5.69 Å². The standard InChI is InChI=1S/C17H15N3O4/c1-4-7-19-13-9-12(5-6-14(13)24-10-16(19)22)20-15(21)8-11(2)18(3)17(20)23/h1,5-6,8-9H,7,10H2,2-3H3. The Hall–Kier alpha value is -3.27. The Balaban J connectivity index is 2.22. The highest BCUT2D eigenvalue weighted by atomic mass is 16.5. The smallest absolute Gasteiger partial charge is 0.335 e. The molecule has 1 amide bonds. The molecule has 0 aliphatic carbocycles. The normalized spacial score (nSPS) is 13.2. The first-order valence-electron chi connectivity index (χ1n) is 7.25. The van der Waals surface area contributed by atoms with Gasteiger partial charge in [-0.15, -0.1) is 6.42 Å². The van der Waals surface area contributed by atoms with Gasteiger partial charge in [0.15, 0.2) is 6.61 Å². The van der Waals surface area contributed by atoms with Crippen molar-refractivity contribution in [2.75, 3.05) is 18.1 Å². The molecule has 1 aliphatic heterocycles. The number of hydrogen-bond donors (Lipinski definition) is 0. The summed E-state index contributed by atoms with van der Waals surface area (Å²) in [7, 11) is 1.59. The van der Waals surface area contributed by atoms with Crippen molar-refractivity contribution < 1.29 is 9.53 Å². The number of amides is 1. The molecule has 7 heteroatoms. The number of fused-ring (bicyclic) bond motifs is 1. The summed E-state index contributed by atoms with van der Waals surface area (Å²) in [6.07, 6.45) is 5.32. The van der Waals surface area contributed by atoms with Crippen molar-refractivity contribution in [1.29, 1.82) is 0 Å². The minimum absolute atomic E-state index is 0.0828. The lowest BCUT2D eigenvalue weighted by Crippen LogP contribution is -2.40. The molecule has 122 valence electrons. The molecule has 0 radical (unpaired) electrons. The summed E-state index contributed by atoms with van der Waals surface area (Å²) in [5.74, 6) is 2.62. The number of nitrogens with zero attached hydrogens (tertiary/aromatic N) is 3. The molecule has 2 aromatic rings. The van der Waals surface area contributed by atoms with E-state index < -0.39 is 11.2 Å². The van der Waals surface area contributed by atoms with Gasteiger partial charge in [-0.1, -0.05) is 5.92 Å². The fourth-order valence-corrected chi connectivity index (χ4v) is 2.57. The average Bonchev–Trinajstić information content (AvgIpc) is 2.55. The van der Waals surface area contributed by atoms with Crippen LogP contribution in [0.1, 0.15) is 5.69 Å². The number of aromatic nitrogens is 2. The van der Waals surface area contributed by atoms with Crippen molar-refractivity contribution in [1.82, 2.24) is 9.13 Å². The number of carbonyl (C=O) groups is 1. The number of benzene rings is 1. The van der Waals surface area contributed by atoms with E-state index in [1.54, 1.807) is 32.2 Å². The first-order valence-corrected chi connectivity index (χ1v) is 7.25. The second kappa shape index (κ2) is 5.74. The molecule has 0 N–H and O–H groups in total. The highest BCUT2D eigenvalue weighted by molar-refractivity contribution is 5.98.